The fourth-order valence-electron chi connectivity index (χ4n) is 6.07. The van der Waals surface area contributed by atoms with Crippen LogP contribution in [0, 0.1) is 5.41 Å². The number of aromatic nitrogens is 1. The predicted molar refractivity (Wildman–Crippen MR) is 192 cm³/mol. The van der Waals surface area contributed by atoms with E-state index in [0.717, 1.165) is 25.7 Å². The number of ether oxygens (including phenoxy) is 1. The molecule has 0 aliphatic heterocycles. The standard InChI is InChI=1S/C38H63N5O3/c1-16-17-23-39-34(44)26(2)22-24-41(13)35(45)32(36(5,6)7)40-27(3)33(43(15)28(4)46-37(8,9)10)38(11,12)30-25-42(14)31-21-19-18-20-29(30)31/h20-22,25,32-33,40H,3-4,16-19,23-24H2,1-2,5-15H3,(H,39,44)/b26-22+. The van der Waals surface area contributed by atoms with E-state index in [1.807, 2.05) is 38.8 Å². The summed E-state index contributed by atoms with van der Waals surface area (Å²) in [6.45, 7) is 30.4. The Morgan fingerprint density at radius 3 is 2.24 bits per heavy atom. The SMILES string of the molecule is C=C(NC(C(=O)N(C)C/C=C(\C)C(=O)NCCCC)C(C)(C)C)C(N(C)C(=C)OC(C)(C)C)C(C)(C)c1cn(C)c2c1=CCCC=2. The summed E-state index contributed by atoms with van der Waals surface area (Å²) >= 11 is 0. The molecule has 0 radical (unpaired) electrons. The molecular weight excluding hydrogens is 574 g/mol. The van der Waals surface area contributed by atoms with E-state index in [0.29, 0.717) is 30.2 Å². The lowest BCUT2D eigenvalue weighted by molar-refractivity contribution is -0.134. The lowest BCUT2D eigenvalue weighted by atomic mass is 9.75. The Morgan fingerprint density at radius 2 is 1.67 bits per heavy atom. The van der Waals surface area contributed by atoms with Crippen molar-refractivity contribution in [3.63, 3.8) is 0 Å². The van der Waals surface area contributed by atoms with Gasteiger partial charge < -0.3 is 29.7 Å². The van der Waals surface area contributed by atoms with Gasteiger partial charge in [0.05, 0.1) is 6.04 Å². The number of carbonyl (C=O) groups is 2. The minimum atomic E-state index is -0.579. The number of rotatable bonds is 15. The second-order valence-corrected chi connectivity index (χ2v) is 15.5. The predicted octanol–water partition coefficient (Wildman–Crippen LogP) is 5.08. The van der Waals surface area contributed by atoms with Crippen LogP contribution in [-0.4, -0.2) is 71.1 Å². The molecule has 2 unspecified atom stereocenters. The van der Waals surface area contributed by atoms with Crippen molar-refractivity contribution in [1.82, 2.24) is 25.0 Å². The highest BCUT2D eigenvalue weighted by Crippen LogP contribution is 2.35. The van der Waals surface area contributed by atoms with E-state index >= 15 is 0 Å². The maximum absolute atomic E-state index is 14.1. The van der Waals surface area contributed by atoms with E-state index in [4.69, 9.17) is 4.74 Å². The van der Waals surface area contributed by atoms with Crippen LogP contribution in [0.1, 0.15) is 100 Å². The third kappa shape index (κ3) is 9.79. The quantitative estimate of drug-likeness (QED) is 0.159. The molecule has 0 spiro atoms. The topological polar surface area (TPSA) is 78.8 Å². The van der Waals surface area contributed by atoms with Crippen LogP contribution < -0.4 is 21.2 Å². The molecule has 1 aliphatic carbocycles. The van der Waals surface area contributed by atoms with Crippen molar-refractivity contribution in [2.75, 3.05) is 27.2 Å². The van der Waals surface area contributed by atoms with Gasteiger partial charge in [0.1, 0.15) is 11.6 Å². The Balaban J connectivity index is 2.49. The smallest absolute Gasteiger partial charge is 0.246 e. The number of carbonyl (C=O) groups excluding carboxylic acids is 2. The van der Waals surface area contributed by atoms with Crippen LogP contribution in [0.4, 0.5) is 0 Å². The molecule has 1 aromatic rings. The highest BCUT2D eigenvalue weighted by molar-refractivity contribution is 5.92. The van der Waals surface area contributed by atoms with Crippen LogP contribution in [0.15, 0.2) is 42.6 Å². The van der Waals surface area contributed by atoms with Gasteiger partial charge >= 0.3 is 0 Å². The Labute approximate surface area is 279 Å². The van der Waals surface area contributed by atoms with Crippen molar-refractivity contribution < 1.29 is 14.3 Å². The summed E-state index contributed by atoms with van der Waals surface area (Å²) < 4.78 is 8.47. The van der Waals surface area contributed by atoms with Gasteiger partial charge in [0.15, 0.2) is 5.88 Å². The van der Waals surface area contributed by atoms with Crippen molar-refractivity contribution in [3.8, 4) is 0 Å². The Morgan fingerprint density at radius 1 is 1.07 bits per heavy atom. The number of fused-ring (bicyclic) bond motifs is 1. The molecule has 258 valence electrons. The molecule has 2 amide bonds. The largest absolute Gasteiger partial charge is 0.474 e. The van der Waals surface area contributed by atoms with Gasteiger partial charge in [0, 0.05) is 62.5 Å². The summed E-state index contributed by atoms with van der Waals surface area (Å²) in [6, 6.07) is -0.897. The molecule has 8 nitrogen and oxygen atoms in total. The summed E-state index contributed by atoms with van der Waals surface area (Å²) in [7, 11) is 5.85. The minimum Gasteiger partial charge on any atom is -0.474 e. The molecule has 0 bridgehead atoms. The van der Waals surface area contributed by atoms with Crippen LogP contribution in [-0.2, 0) is 26.8 Å². The zero-order valence-electron chi connectivity index (χ0n) is 31.2. The highest BCUT2D eigenvalue weighted by Gasteiger charge is 2.42. The molecule has 1 heterocycles. The third-order valence-electron chi connectivity index (χ3n) is 8.70. The molecule has 0 saturated heterocycles. The molecule has 2 N–H and O–H groups in total. The fraction of sp³-hybridized carbons (Fsp3) is 0.632. The van der Waals surface area contributed by atoms with Gasteiger partial charge in [-0.1, -0.05) is 72.8 Å². The van der Waals surface area contributed by atoms with Crippen molar-refractivity contribution >= 4 is 24.0 Å². The second-order valence-electron chi connectivity index (χ2n) is 15.5. The second kappa shape index (κ2) is 15.4. The van der Waals surface area contributed by atoms with E-state index < -0.39 is 22.5 Å². The molecule has 0 saturated carbocycles. The summed E-state index contributed by atoms with van der Waals surface area (Å²) in [6.07, 6.45) is 12.6. The van der Waals surface area contributed by atoms with Crippen LogP contribution >= 0.6 is 0 Å². The lowest BCUT2D eigenvalue weighted by Crippen LogP contribution is -2.57. The van der Waals surface area contributed by atoms with Gasteiger partial charge in [0.2, 0.25) is 11.8 Å². The normalized spacial score (nSPS) is 15.0. The number of nitrogens with one attached hydrogen (secondary N) is 2. The van der Waals surface area contributed by atoms with Crippen molar-refractivity contribution in [2.45, 2.75) is 118 Å². The van der Waals surface area contributed by atoms with Crippen molar-refractivity contribution in [3.05, 3.63) is 58.7 Å². The number of hydrogen-bond donors (Lipinski definition) is 2. The molecule has 46 heavy (non-hydrogen) atoms. The average molecular weight is 638 g/mol. The molecule has 0 fully saturated rings. The zero-order valence-corrected chi connectivity index (χ0v) is 31.2. The van der Waals surface area contributed by atoms with Gasteiger partial charge in [-0.15, -0.1) is 0 Å². The molecule has 2 rings (SSSR count). The van der Waals surface area contributed by atoms with E-state index in [2.05, 4.69) is 95.3 Å². The molecule has 0 aromatic carbocycles. The van der Waals surface area contributed by atoms with Crippen molar-refractivity contribution in [1.29, 1.82) is 0 Å². The minimum absolute atomic E-state index is 0.0758. The highest BCUT2D eigenvalue weighted by atomic mass is 16.5. The monoisotopic (exact) mass is 637 g/mol. The maximum Gasteiger partial charge on any atom is 0.246 e. The lowest BCUT2D eigenvalue weighted by Gasteiger charge is -2.45. The van der Waals surface area contributed by atoms with E-state index in [1.54, 1.807) is 18.9 Å². The molecule has 8 heteroatoms. The maximum atomic E-state index is 14.1. The van der Waals surface area contributed by atoms with Gasteiger partial charge in [-0.25, -0.2) is 0 Å². The van der Waals surface area contributed by atoms with Crippen LogP contribution in [0.25, 0.3) is 12.2 Å². The first-order valence-electron chi connectivity index (χ1n) is 16.8. The third-order valence-corrected chi connectivity index (χ3v) is 8.70. The average Bonchev–Trinajstić information content (AvgIpc) is 3.29. The number of likely N-dealkylation sites (N-methyl/N-ethyl adjacent to an activating group) is 2. The van der Waals surface area contributed by atoms with Crippen LogP contribution in [0.5, 0.6) is 0 Å². The number of nitrogens with zero attached hydrogens (tertiary/aromatic N) is 3. The van der Waals surface area contributed by atoms with Crippen molar-refractivity contribution in [2.24, 2.45) is 12.5 Å². The van der Waals surface area contributed by atoms with Gasteiger partial charge in [-0.2, -0.15) is 0 Å². The Bertz CT molecular complexity index is 1420. The summed E-state index contributed by atoms with van der Waals surface area (Å²) in [5, 5.41) is 9.01. The molecular formula is C38H63N5O3. The van der Waals surface area contributed by atoms with Crippen LogP contribution in [0.3, 0.4) is 0 Å². The zero-order chi connectivity index (χ0) is 35.2. The van der Waals surface area contributed by atoms with Gasteiger partial charge in [-0.3, -0.25) is 9.59 Å². The number of amides is 2. The Kier molecular flexibility index (Phi) is 13.0. The van der Waals surface area contributed by atoms with Gasteiger partial charge in [0.25, 0.3) is 0 Å². The van der Waals surface area contributed by atoms with E-state index in [1.165, 1.54) is 16.1 Å². The number of hydrogen-bond acceptors (Lipinski definition) is 5. The first-order valence-corrected chi connectivity index (χ1v) is 16.8. The first-order chi connectivity index (χ1) is 21.1. The number of unbranched alkanes of at least 4 members (excludes halogenated alkanes) is 1. The summed E-state index contributed by atoms with van der Waals surface area (Å²) in [5.41, 5.74) is 1.17. The van der Waals surface area contributed by atoms with E-state index in [9.17, 15) is 9.59 Å². The fourth-order valence-corrected chi connectivity index (χ4v) is 6.07. The Hall–Kier alpha value is -3.42. The number of aryl methyl sites for hydroxylation is 1. The van der Waals surface area contributed by atoms with Crippen LogP contribution in [0.2, 0.25) is 0 Å². The van der Waals surface area contributed by atoms with E-state index in [-0.39, 0.29) is 17.9 Å². The summed E-state index contributed by atoms with van der Waals surface area (Å²) in [4.78, 5) is 30.3. The molecule has 2 atom stereocenters. The first kappa shape index (κ1) is 38.8. The molecule has 1 aliphatic rings. The van der Waals surface area contributed by atoms with Gasteiger partial charge in [-0.05, 0) is 69.7 Å². The summed E-state index contributed by atoms with van der Waals surface area (Å²) in [5.74, 6) is 0.354. The molecule has 1 aromatic heterocycles.